The Balaban J connectivity index is 2.06. The SMILES string of the molecule is O=C1Nc2cc(F)ccc2N2CCNCC12. The summed E-state index contributed by atoms with van der Waals surface area (Å²) in [6.45, 7) is 2.26. The standard InChI is InChI=1S/C11H12FN3O/c12-7-1-2-9-8(5-7)14-11(16)10-6-13-3-4-15(9)10/h1-2,5,10,13H,3-4,6H2,(H,14,16). The van der Waals surface area contributed by atoms with Gasteiger partial charge < -0.3 is 15.5 Å². The summed E-state index contributed by atoms with van der Waals surface area (Å²) in [7, 11) is 0. The van der Waals surface area contributed by atoms with Crippen molar-refractivity contribution in [3.8, 4) is 0 Å². The minimum absolute atomic E-state index is 0.0645. The van der Waals surface area contributed by atoms with Gasteiger partial charge in [0.15, 0.2) is 0 Å². The van der Waals surface area contributed by atoms with E-state index in [2.05, 4.69) is 10.6 Å². The highest BCUT2D eigenvalue weighted by atomic mass is 19.1. The Labute approximate surface area is 92.4 Å². The molecule has 5 heteroatoms. The number of piperazine rings is 1. The Morgan fingerprint density at radius 2 is 2.31 bits per heavy atom. The molecule has 16 heavy (non-hydrogen) atoms. The number of fused-ring (bicyclic) bond motifs is 3. The van der Waals surface area contributed by atoms with Crippen molar-refractivity contribution in [3.05, 3.63) is 24.0 Å². The Morgan fingerprint density at radius 1 is 1.44 bits per heavy atom. The van der Waals surface area contributed by atoms with Gasteiger partial charge in [0.05, 0.1) is 11.4 Å². The van der Waals surface area contributed by atoms with Crippen molar-refractivity contribution in [1.82, 2.24) is 5.32 Å². The zero-order chi connectivity index (χ0) is 11.1. The molecule has 84 valence electrons. The molecule has 0 bridgehead atoms. The number of halogens is 1. The van der Waals surface area contributed by atoms with Crippen molar-refractivity contribution in [1.29, 1.82) is 0 Å². The number of benzene rings is 1. The second-order valence-corrected chi connectivity index (χ2v) is 4.06. The van der Waals surface area contributed by atoms with E-state index >= 15 is 0 Å². The van der Waals surface area contributed by atoms with E-state index in [9.17, 15) is 9.18 Å². The van der Waals surface area contributed by atoms with Crippen LogP contribution >= 0.6 is 0 Å². The molecule has 0 aliphatic carbocycles. The molecule has 1 aromatic rings. The lowest BCUT2D eigenvalue weighted by molar-refractivity contribution is -0.117. The minimum atomic E-state index is -0.326. The fraction of sp³-hybridized carbons (Fsp3) is 0.364. The Kier molecular flexibility index (Phi) is 2.07. The summed E-state index contributed by atoms with van der Waals surface area (Å²) in [6, 6.07) is 4.34. The molecule has 3 rings (SSSR count). The fourth-order valence-electron chi connectivity index (χ4n) is 2.30. The third-order valence-corrected chi connectivity index (χ3v) is 3.07. The molecule has 0 spiro atoms. The van der Waals surface area contributed by atoms with E-state index in [4.69, 9.17) is 0 Å². The van der Waals surface area contributed by atoms with Crippen LogP contribution < -0.4 is 15.5 Å². The van der Waals surface area contributed by atoms with Crippen LogP contribution in [0.5, 0.6) is 0 Å². The monoisotopic (exact) mass is 221 g/mol. The molecule has 2 heterocycles. The van der Waals surface area contributed by atoms with E-state index in [-0.39, 0.29) is 17.8 Å². The van der Waals surface area contributed by atoms with Gasteiger partial charge >= 0.3 is 0 Å². The largest absolute Gasteiger partial charge is 0.356 e. The molecule has 1 fully saturated rings. The van der Waals surface area contributed by atoms with Gasteiger partial charge in [-0.1, -0.05) is 0 Å². The molecule has 1 atom stereocenters. The Hall–Kier alpha value is -1.62. The van der Waals surface area contributed by atoms with Gasteiger partial charge in [-0.3, -0.25) is 4.79 Å². The predicted molar refractivity (Wildman–Crippen MR) is 59.0 cm³/mol. The molecule has 1 aromatic carbocycles. The van der Waals surface area contributed by atoms with Crippen molar-refractivity contribution in [3.63, 3.8) is 0 Å². The first-order valence-corrected chi connectivity index (χ1v) is 5.33. The number of hydrogen-bond donors (Lipinski definition) is 2. The van der Waals surface area contributed by atoms with Gasteiger partial charge in [0, 0.05) is 19.6 Å². The van der Waals surface area contributed by atoms with Crippen LogP contribution in [0.4, 0.5) is 15.8 Å². The Bertz CT molecular complexity index is 449. The fourth-order valence-corrected chi connectivity index (χ4v) is 2.30. The predicted octanol–water partition coefficient (Wildman–Crippen LogP) is 0.556. The van der Waals surface area contributed by atoms with Crippen molar-refractivity contribution in [2.75, 3.05) is 29.9 Å². The maximum atomic E-state index is 13.1. The molecule has 1 amide bonds. The molecular weight excluding hydrogens is 209 g/mol. The zero-order valence-electron chi connectivity index (χ0n) is 8.66. The lowest BCUT2D eigenvalue weighted by atomic mass is 10.1. The first-order chi connectivity index (χ1) is 7.75. The van der Waals surface area contributed by atoms with Gasteiger partial charge in [-0.25, -0.2) is 4.39 Å². The van der Waals surface area contributed by atoms with Crippen molar-refractivity contribution >= 4 is 17.3 Å². The lowest BCUT2D eigenvalue weighted by Crippen LogP contribution is -2.58. The third kappa shape index (κ3) is 1.36. The average molecular weight is 221 g/mol. The molecule has 1 unspecified atom stereocenters. The van der Waals surface area contributed by atoms with E-state index in [0.717, 1.165) is 18.8 Å². The molecule has 0 radical (unpaired) electrons. The quantitative estimate of drug-likeness (QED) is 0.672. The number of nitrogens with one attached hydrogen (secondary N) is 2. The van der Waals surface area contributed by atoms with Crippen LogP contribution in [0.1, 0.15) is 0 Å². The number of nitrogens with zero attached hydrogens (tertiary/aromatic N) is 1. The number of rotatable bonds is 0. The van der Waals surface area contributed by atoms with Crippen LogP contribution in [0, 0.1) is 5.82 Å². The van der Waals surface area contributed by atoms with Crippen LogP contribution in [0.25, 0.3) is 0 Å². The van der Waals surface area contributed by atoms with Gasteiger partial charge in [0.2, 0.25) is 5.91 Å². The zero-order valence-corrected chi connectivity index (χ0v) is 8.66. The second-order valence-electron chi connectivity index (χ2n) is 4.06. The molecule has 0 aromatic heterocycles. The summed E-state index contributed by atoms with van der Waals surface area (Å²) < 4.78 is 13.1. The molecule has 2 N–H and O–H groups in total. The topological polar surface area (TPSA) is 44.4 Å². The number of anilines is 2. The first-order valence-electron chi connectivity index (χ1n) is 5.33. The number of carbonyl (C=O) groups excluding carboxylic acids is 1. The van der Waals surface area contributed by atoms with E-state index in [1.54, 1.807) is 6.07 Å². The maximum Gasteiger partial charge on any atom is 0.248 e. The second kappa shape index (κ2) is 3.45. The van der Waals surface area contributed by atoms with E-state index in [1.165, 1.54) is 12.1 Å². The number of amides is 1. The molecule has 2 aliphatic rings. The highest BCUT2D eigenvalue weighted by molar-refractivity contribution is 6.03. The van der Waals surface area contributed by atoms with Crippen LogP contribution in [0.15, 0.2) is 18.2 Å². The van der Waals surface area contributed by atoms with E-state index in [0.29, 0.717) is 12.2 Å². The van der Waals surface area contributed by atoms with Crippen LogP contribution in [0.3, 0.4) is 0 Å². The molecule has 2 aliphatic heterocycles. The summed E-state index contributed by atoms with van der Waals surface area (Å²) in [4.78, 5) is 13.8. The van der Waals surface area contributed by atoms with Gasteiger partial charge in [0.25, 0.3) is 0 Å². The van der Waals surface area contributed by atoms with Crippen LogP contribution in [-0.2, 0) is 4.79 Å². The van der Waals surface area contributed by atoms with Gasteiger partial charge in [-0.15, -0.1) is 0 Å². The first kappa shape index (κ1) is 9.59. The number of carbonyl (C=O) groups is 1. The maximum absolute atomic E-state index is 13.1. The summed E-state index contributed by atoms with van der Waals surface area (Å²) in [5.74, 6) is -0.391. The molecule has 0 saturated carbocycles. The Morgan fingerprint density at radius 3 is 3.19 bits per heavy atom. The highest BCUT2D eigenvalue weighted by Gasteiger charge is 2.34. The summed E-state index contributed by atoms with van der Waals surface area (Å²) in [6.07, 6.45) is 0. The molecule has 1 saturated heterocycles. The highest BCUT2D eigenvalue weighted by Crippen LogP contribution is 2.32. The summed E-state index contributed by atoms with van der Waals surface area (Å²) in [5.41, 5.74) is 1.48. The lowest BCUT2D eigenvalue weighted by Gasteiger charge is -2.41. The van der Waals surface area contributed by atoms with Gasteiger partial charge in [-0.05, 0) is 18.2 Å². The summed E-state index contributed by atoms with van der Waals surface area (Å²) >= 11 is 0. The van der Waals surface area contributed by atoms with E-state index in [1.807, 2.05) is 4.90 Å². The van der Waals surface area contributed by atoms with Gasteiger partial charge in [-0.2, -0.15) is 0 Å². The van der Waals surface area contributed by atoms with Gasteiger partial charge in [0.1, 0.15) is 11.9 Å². The van der Waals surface area contributed by atoms with Crippen LogP contribution in [0.2, 0.25) is 0 Å². The molecule has 4 nitrogen and oxygen atoms in total. The van der Waals surface area contributed by atoms with Crippen molar-refractivity contribution < 1.29 is 9.18 Å². The van der Waals surface area contributed by atoms with Crippen molar-refractivity contribution in [2.45, 2.75) is 6.04 Å². The molecular formula is C11H12FN3O. The average Bonchev–Trinajstić information content (AvgIpc) is 2.29. The van der Waals surface area contributed by atoms with Crippen molar-refractivity contribution in [2.24, 2.45) is 0 Å². The number of hydrogen-bond acceptors (Lipinski definition) is 3. The third-order valence-electron chi connectivity index (χ3n) is 3.07. The van der Waals surface area contributed by atoms with E-state index < -0.39 is 0 Å². The normalized spacial score (nSPS) is 23.4. The summed E-state index contributed by atoms with van der Waals surface area (Å²) in [5, 5.41) is 5.92. The minimum Gasteiger partial charge on any atom is -0.356 e. The smallest absolute Gasteiger partial charge is 0.248 e. The van der Waals surface area contributed by atoms with Crippen LogP contribution in [-0.4, -0.2) is 31.6 Å².